The van der Waals surface area contributed by atoms with Crippen LogP contribution in [0.1, 0.15) is 12.5 Å². The van der Waals surface area contributed by atoms with Gasteiger partial charge in [-0.1, -0.05) is 6.92 Å². The number of hydrogen-bond acceptors (Lipinski definition) is 2. The first-order chi connectivity index (χ1) is 5.33. The van der Waals surface area contributed by atoms with Gasteiger partial charge in [0, 0.05) is 6.20 Å². The van der Waals surface area contributed by atoms with Crippen LogP contribution in [0.25, 0.3) is 0 Å². The second-order valence-electron chi connectivity index (χ2n) is 2.18. The van der Waals surface area contributed by atoms with Gasteiger partial charge in [-0.2, -0.15) is 0 Å². The Morgan fingerprint density at radius 3 is 2.64 bits per heavy atom. The minimum atomic E-state index is 0.705. The summed E-state index contributed by atoms with van der Waals surface area (Å²) in [5.41, 5.74) is 1.95. The van der Waals surface area contributed by atoms with Crippen LogP contribution in [-0.4, -0.2) is 18.4 Å². The number of rotatable bonds is 3. The minimum Gasteiger partial charge on any atom is -0.345 e. The smallest absolute Gasteiger partial charge is 0.155 e. The monoisotopic (exact) mass is 149 g/mol. The Balaban J connectivity index is 3.18. The quantitative estimate of drug-likeness (QED) is 0.640. The SMILES string of the molecule is C=Nc1[nH]cc(CC)c1N=C. The number of nitrogens with one attached hydrogen (secondary N) is 1. The molecule has 0 amide bonds. The molecule has 1 aromatic heterocycles. The Bertz CT molecular complexity index is 273. The predicted molar refractivity (Wildman–Crippen MR) is 48.6 cm³/mol. The summed E-state index contributed by atoms with van der Waals surface area (Å²) in [6.45, 7) is 8.94. The van der Waals surface area contributed by atoms with E-state index < -0.39 is 0 Å². The van der Waals surface area contributed by atoms with Crippen molar-refractivity contribution in [1.29, 1.82) is 0 Å². The Hall–Kier alpha value is -1.38. The summed E-state index contributed by atoms with van der Waals surface area (Å²) < 4.78 is 0. The molecule has 1 heterocycles. The van der Waals surface area contributed by atoms with Gasteiger partial charge >= 0.3 is 0 Å². The molecule has 1 N–H and O–H groups in total. The molecule has 3 heteroatoms. The summed E-state index contributed by atoms with van der Waals surface area (Å²) in [5, 5.41) is 0. The van der Waals surface area contributed by atoms with Crippen LogP contribution in [0, 0.1) is 0 Å². The minimum absolute atomic E-state index is 0.705. The molecule has 0 fully saturated rings. The molecule has 58 valence electrons. The van der Waals surface area contributed by atoms with E-state index in [4.69, 9.17) is 0 Å². The third-order valence-corrected chi connectivity index (χ3v) is 1.61. The molecule has 0 saturated heterocycles. The molecule has 0 atom stereocenters. The van der Waals surface area contributed by atoms with Gasteiger partial charge in [-0.05, 0) is 25.4 Å². The molecule has 0 spiro atoms. The van der Waals surface area contributed by atoms with Crippen LogP contribution < -0.4 is 0 Å². The highest BCUT2D eigenvalue weighted by Crippen LogP contribution is 2.30. The van der Waals surface area contributed by atoms with Crippen LogP contribution in [0.5, 0.6) is 0 Å². The van der Waals surface area contributed by atoms with E-state index in [0.717, 1.165) is 17.7 Å². The molecule has 0 aliphatic carbocycles. The number of aryl methyl sites for hydroxylation is 1. The molecular formula is C8H11N3. The van der Waals surface area contributed by atoms with Crippen molar-refractivity contribution >= 4 is 24.9 Å². The van der Waals surface area contributed by atoms with Gasteiger partial charge in [0.1, 0.15) is 5.69 Å². The van der Waals surface area contributed by atoms with Crippen LogP contribution in [0.4, 0.5) is 11.5 Å². The average Bonchev–Trinajstić information content (AvgIpc) is 2.45. The molecule has 0 saturated carbocycles. The fourth-order valence-electron chi connectivity index (χ4n) is 1.01. The van der Waals surface area contributed by atoms with Crippen molar-refractivity contribution in [1.82, 2.24) is 4.98 Å². The number of H-pyrrole nitrogens is 1. The summed E-state index contributed by atoms with van der Waals surface area (Å²) in [6, 6.07) is 0. The van der Waals surface area contributed by atoms with Gasteiger partial charge in [0.15, 0.2) is 5.82 Å². The summed E-state index contributed by atoms with van der Waals surface area (Å²) in [6.07, 6.45) is 2.81. The second-order valence-corrected chi connectivity index (χ2v) is 2.18. The molecule has 3 nitrogen and oxygen atoms in total. The van der Waals surface area contributed by atoms with Crippen LogP contribution in [-0.2, 0) is 6.42 Å². The standard InChI is InChI=1S/C8H11N3/c1-4-6-5-11-8(10-3)7(6)9-2/h5,11H,2-4H2,1H3. The first kappa shape index (κ1) is 7.72. The Labute approximate surface area is 65.9 Å². The zero-order valence-electron chi connectivity index (χ0n) is 6.59. The normalized spacial score (nSPS) is 9.55. The van der Waals surface area contributed by atoms with Gasteiger partial charge in [0.05, 0.1) is 0 Å². The lowest BCUT2D eigenvalue weighted by molar-refractivity contribution is 1.14. The van der Waals surface area contributed by atoms with E-state index >= 15 is 0 Å². The average molecular weight is 149 g/mol. The summed E-state index contributed by atoms with van der Waals surface area (Å²) in [4.78, 5) is 10.6. The Morgan fingerprint density at radius 2 is 2.18 bits per heavy atom. The number of aromatic amines is 1. The number of aromatic nitrogens is 1. The molecule has 0 unspecified atom stereocenters. The maximum atomic E-state index is 3.86. The highest BCUT2D eigenvalue weighted by Gasteiger charge is 2.05. The molecule has 1 aromatic rings. The van der Waals surface area contributed by atoms with Crippen LogP contribution in [0.2, 0.25) is 0 Å². The molecular weight excluding hydrogens is 138 g/mol. The van der Waals surface area contributed by atoms with Crippen molar-refractivity contribution in [3.05, 3.63) is 11.8 Å². The highest BCUT2D eigenvalue weighted by molar-refractivity contribution is 5.67. The van der Waals surface area contributed by atoms with Gasteiger partial charge in [-0.3, -0.25) is 4.99 Å². The maximum absolute atomic E-state index is 3.86. The third kappa shape index (κ3) is 1.22. The number of hydrogen-bond donors (Lipinski definition) is 1. The van der Waals surface area contributed by atoms with Crippen LogP contribution in [0.3, 0.4) is 0 Å². The Kier molecular flexibility index (Phi) is 2.21. The largest absolute Gasteiger partial charge is 0.345 e. The lowest BCUT2D eigenvalue weighted by Gasteiger charge is -1.92. The Morgan fingerprint density at radius 1 is 1.45 bits per heavy atom. The van der Waals surface area contributed by atoms with Crippen LogP contribution in [0.15, 0.2) is 16.2 Å². The van der Waals surface area contributed by atoms with Crippen molar-refractivity contribution in [2.24, 2.45) is 9.98 Å². The van der Waals surface area contributed by atoms with Gasteiger partial charge < -0.3 is 4.98 Å². The molecule has 0 aliphatic rings. The van der Waals surface area contributed by atoms with E-state index in [-0.39, 0.29) is 0 Å². The molecule has 0 aromatic carbocycles. The van der Waals surface area contributed by atoms with Gasteiger partial charge in [-0.25, -0.2) is 4.99 Å². The maximum Gasteiger partial charge on any atom is 0.155 e. The van der Waals surface area contributed by atoms with Crippen molar-refractivity contribution in [3.63, 3.8) is 0 Å². The van der Waals surface area contributed by atoms with E-state index in [0.29, 0.717) is 5.82 Å². The van der Waals surface area contributed by atoms with Crippen molar-refractivity contribution in [3.8, 4) is 0 Å². The van der Waals surface area contributed by atoms with Crippen molar-refractivity contribution < 1.29 is 0 Å². The van der Waals surface area contributed by atoms with E-state index in [9.17, 15) is 0 Å². The highest BCUT2D eigenvalue weighted by atomic mass is 14.9. The van der Waals surface area contributed by atoms with Crippen LogP contribution >= 0.6 is 0 Å². The number of nitrogens with zero attached hydrogens (tertiary/aromatic N) is 2. The first-order valence-corrected chi connectivity index (χ1v) is 3.47. The topological polar surface area (TPSA) is 40.5 Å². The summed E-state index contributed by atoms with van der Waals surface area (Å²) >= 11 is 0. The fourth-order valence-corrected chi connectivity index (χ4v) is 1.01. The molecule has 0 radical (unpaired) electrons. The van der Waals surface area contributed by atoms with Crippen molar-refractivity contribution in [2.75, 3.05) is 0 Å². The molecule has 0 aliphatic heterocycles. The summed E-state index contributed by atoms with van der Waals surface area (Å²) in [7, 11) is 0. The number of aliphatic imine (C=N–C) groups is 2. The van der Waals surface area contributed by atoms with E-state index in [1.807, 2.05) is 6.20 Å². The second kappa shape index (κ2) is 3.14. The zero-order valence-corrected chi connectivity index (χ0v) is 6.59. The fraction of sp³-hybridized carbons (Fsp3) is 0.250. The lowest BCUT2D eigenvalue weighted by Crippen LogP contribution is -1.72. The summed E-state index contributed by atoms with van der Waals surface area (Å²) in [5.74, 6) is 0.705. The third-order valence-electron chi connectivity index (χ3n) is 1.61. The molecule has 0 bridgehead atoms. The predicted octanol–water partition coefficient (Wildman–Crippen LogP) is 2.24. The van der Waals surface area contributed by atoms with Crippen molar-refractivity contribution in [2.45, 2.75) is 13.3 Å². The molecule has 11 heavy (non-hydrogen) atoms. The zero-order chi connectivity index (χ0) is 8.27. The molecule has 1 rings (SSSR count). The van der Waals surface area contributed by atoms with Gasteiger partial charge in [0.2, 0.25) is 0 Å². The lowest BCUT2D eigenvalue weighted by atomic mass is 10.2. The van der Waals surface area contributed by atoms with Gasteiger partial charge in [0.25, 0.3) is 0 Å². The van der Waals surface area contributed by atoms with E-state index in [2.05, 4.69) is 35.3 Å². The van der Waals surface area contributed by atoms with Gasteiger partial charge in [-0.15, -0.1) is 0 Å². The van der Waals surface area contributed by atoms with E-state index in [1.165, 1.54) is 0 Å². The van der Waals surface area contributed by atoms with E-state index in [1.54, 1.807) is 0 Å². The first-order valence-electron chi connectivity index (χ1n) is 3.47.